The van der Waals surface area contributed by atoms with E-state index in [1.54, 1.807) is 13.2 Å². The van der Waals surface area contributed by atoms with Crippen LogP contribution in [0.15, 0.2) is 54.6 Å². The highest BCUT2D eigenvalue weighted by Crippen LogP contribution is 2.27. The number of methoxy groups -OCH3 is 1. The molecule has 0 spiro atoms. The molecule has 0 aliphatic carbocycles. The van der Waals surface area contributed by atoms with Gasteiger partial charge in [-0.2, -0.15) is 5.10 Å². The molecule has 0 aliphatic rings. The molecular formula is C18H16N2O3. The summed E-state index contributed by atoms with van der Waals surface area (Å²) in [7, 11) is 1.61. The lowest BCUT2D eigenvalue weighted by Gasteiger charge is -2.06. The molecule has 5 nitrogen and oxygen atoms in total. The fourth-order valence-electron chi connectivity index (χ4n) is 2.48. The van der Waals surface area contributed by atoms with Crippen molar-refractivity contribution in [3.05, 3.63) is 65.9 Å². The molecule has 0 atom stereocenters. The first kappa shape index (κ1) is 14.8. The molecule has 0 saturated heterocycles. The van der Waals surface area contributed by atoms with Gasteiger partial charge >= 0.3 is 5.97 Å². The maximum atomic E-state index is 11.5. The summed E-state index contributed by atoms with van der Waals surface area (Å²) in [5, 5.41) is 13.9. The van der Waals surface area contributed by atoms with E-state index in [0.29, 0.717) is 11.4 Å². The average Bonchev–Trinajstić information content (AvgIpc) is 3.00. The molecular weight excluding hydrogens is 292 g/mol. The molecule has 3 aromatic rings. The van der Waals surface area contributed by atoms with Crippen LogP contribution in [0.2, 0.25) is 0 Å². The van der Waals surface area contributed by atoms with Crippen LogP contribution in [0, 0.1) is 6.92 Å². The summed E-state index contributed by atoms with van der Waals surface area (Å²) < 4.78 is 6.65. The molecule has 5 heteroatoms. The van der Waals surface area contributed by atoms with Crippen LogP contribution in [-0.2, 0) is 0 Å². The molecule has 3 rings (SSSR count). The number of carboxylic acids is 1. The average molecular weight is 308 g/mol. The van der Waals surface area contributed by atoms with Crippen LogP contribution in [0.1, 0.15) is 16.1 Å². The number of hydrogen-bond acceptors (Lipinski definition) is 3. The predicted molar refractivity (Wildman–Crippen MR) is 87.2 cm³/mol. The molecule has 1 aromatic heterocycles. The van der Waals surface area contributed by atoms with Gasteiger partial charge in [0.1, 0.15) is 5.75 Å². The van der Waals surface area contributed by atoms with Crippen LogP contribution < -0.4 is 4.74 Å². The lowest BCUT2D eigenvalue weighted by Crippen LogP contribution is -2.07. The van der Waals surface area contributed by atoms with Crippen LogP contribution in [0.3, 0.4) is 0 Å². The first-order valence-corrected chi connectivity index (χ1v) is 7.14. The van der Waals surface area contributed by atoms with Gasteiger partial charge in [0.25, 0.3) is 0 Å². The molecule has 2 aromatic carbocycles. The number of rotatable bonds is 4. The van der Waals surface area contributed by atoms with Crippen molar-refractivity contribution in [2.24, 2.45) is 0 Å². The highest BCUT2D eigenvalue weighted by Gasteiger charge is 2.17. The van der Waals surface area contributed by atoms with Gasteiger partial charge in [0.05, 0.1) is 18.5 Å². The van der Waals surface area contributed by atoms with Crippen molar-refractivity contribution in [3.63, 3.8) is 0 Å². The second kappa shape index (κ2) is 5.96. The summed E-state index contributed by atoms with van der Waals surface area (Å²) in [5.74, 6) is -0.258. The maximum absolute atomic E-state index is 11.5. The molecule has 1 N–H and O–H groups in total. The van der Waals surface area contributed by atoms with Gasteiger partial charge < -0.3 is 9.84 Å². The normalized spacial score (nSPS) is 10.5. The van der Waals surface area contributed by atoms with Crippen molar-refractivity contribution in [3.8, 4) is 22.7 Å². The largest absolute Gasteiger partial charge is 0.497 e. The minimum atomic E-state index is -1.02. The third-order valence-electron chi connectivity index (χ3n) is 3.64. The minimum Gasteiger partial charge on any atom is -0.497 e. The summed E-state index contributed by atoms with van der Waals surface area (Å²) in [6, 6.07) is 16.4. The highest BCUT2D eigenvalue weighted by atomic mass is 16.5. The number of para-hydroxylation sites is 1. The molecule has 23 heavy (non-hydrogen) atoms. The van der Waals surface area contributed by atoms with E-state index in [0.717, 1.165) is 16.9 Å². The van der Waals surface area contributed by atoms with Crippen LogP contribution in [0.5, 0.6) is 5.75 Å². The van der Waals surface area contributed by atoms with Crippen molar-refractivity contribution in [1.82, 2.24) is 9.78 Å². The second-order valence-electron chi connectivity index (χ2n) is 5.15. The van der Waals surface area contributed by atoms with Gasteiger partial charge in [-0.25, -0.2) is 9.48 Å². The Morgan fingerprint density at radius 2 is 1.87 bits per heavy atom. The number of hydrogen-bond donors (Lipinski definition) is 1. The van der Waals surface area contributed by atoms with E-state index in [1.165, 1.54) is 4.68 Å². The van der Waals surface area contributed by atoms with Crippen LogP contribution >= 0.6 is 0 Å². The zero-order chi connectivity index (χ0) is 16.4. The van der Waals surface area contributed by atoms with Crippen LogP contribution in [-0.4, -0.2) is 28.0 Å². The Hall–Kier alpha value is -3.08. The summed E-state index contributed by atoms with van der Waals surface area (Å²) in [4.78, 5) is 11.5. The molecule has 0 radical (unpaired) electrons. The van der Waals surface area contributed by atoms with Gasteiger partial charge in [-0.15, -0.1) is 0 Å². The predicted octanol–water partition coefficient (Wildman–Crippen LogP) is 3.55. The number of benzene rings is 2. The Bertz CT molecular complexity index is 854. The third-order valence-corrected chi connectivity index (χ3v) is 3.64. The van der Waals surface area contributed by atoms with Crippen LogP contribution in [0.4, 0.5) is 0 Å². The van der Waals surface area contributed by atoms with Crippen molar-refractivity contribution in [1.29, 1.82) is 0 Å². The first-order chi connectivity index (χ1) is 11.1. The molecule has 0 fully saturated rings. The quantitative estimate of drug-likeness (QED) is 0.800. The van der Waals surface area contributed by atoms with Gasteiger partial charge in [0, 0.05) is 5.56 Å². The van der Waals surface area contributed by atoms with Crippen molar-refractivity contribution in [2.45, 2.75) is 6.92 Å². The molecule has 0 bridgehead atoms. The van der Waals surface area contributed by atoms with Gasteiger partial charge in [0.2, 0.25) is 0 Å². The first-order valence-electron chi connectivity index (χ1n) is 7.14. The van der Waals surface area contributed by atoms with E-state index >= 15 is 0 Å². The second-order valence-corrected chi connectivity index (χ2v) is 5.15. The van der Waals surface area contributed by atoms with E-state index in [2.05, 4.69) is 5.10 Å². The third kappa shape index (κ3) is 2.81. The molecule has 0 saturated carbocycles. The molecule has 0 amide bonds. The van der Waals surface area contributed by atoms with Crippen LogP contribution in [0.25, 0.3) is 16.9 Å². The number of carboxylic acid groups (broad SMARTS) is 1. The van der Waals surface area contributed by atoms with Gasteiger partial charge in [-0.05, 0) is 48.9 Å². The summed E-state index contributed by atoms with van der Waals surface area (Å²) in [5.41, 5.74) is 3.30. The summed E-state index contributed by atoms with van der Waals surface area (Å²) in [6.07, 6.45) is 0. The summed E-state index contributed by atoms with van der Waals surface area (Å²) >= 11 is 0. The monoisotopic (exact) mass is 308 g/mol. The fourth-order valence-corrected chi connectivity index (χ4v) is 2.48. The Labute approximate surface area is 133 Å². The molecule has 1 heterocycles. The topological polar surface area (TPSA) is 64.3 Å². The van der Waals surface area contributed by atoms with Gasteiger partial charge in [-0.3, -0.25) is 0 Å². The Morgan fingerprint density at radius 3 is 2.48 bits per heavy atom. The number of carbonyl (C=O) groups is 1. The number of aromatic nitrogens is 2. The molecule has 116 valence electrons. The molecule has 0 aliphatic heterocycles. The lowest BCUT2D eigenvalue weighted by molar-refractivity contribution is 0.0687. The Kier molecular flexibility index (Phi) is 3.85. The van der Waals surface area contributed by atoms with Crippen molar-refractivity contribution >= 4 is 5.97 Å². The summed E-state index contributed by atoms with van der Waals surface area (Å²) in [6.45, 7) is 1.94. The number of ether oxygens (including phenoxy) is 1. The molecule has 0 unspecified atom stereocenters. The maximum Gasteiger partial charge on any atom is 0.354 e. The van der Waals surface area contributed by atoms with Crippen molar-refractivity contribution in [2.75, 3.05) is 7.11 Å². The van der Waals surface area contributed by atoms with E-state index in [1.807, 2.05) is 55.5 Å². The van der Waals surface area contributed by atoms with E-state index in [9.17, 15) is 9.90 Å². The van der Waals surface area contributed by atoms with Gasteiger partial charge in [-0.1, -0.05) is 18.2 Å². The zero-order valence-electron chi connectivity index (χ0n) is 12.9. The minimum absolute atomic E-state index is 0.126. The van der Waals surface area contributed by atoms with Crippen molar-refractivity contribution < 1.29 is 14.6 Å². The Balaban J connectivity index is 2.14. The van der Waals surface area contributed by atoms with E-state index in [-0.39, 0.29) is 5.69 Å². The number of nitrogens with zero attached hydrogens (tertiary/aromatic N) is 2. The zero-order valence-corrected chi connectivity index (χ0v) is 12.9. The van der Waals surface area contributed by atoms with Gasteiger partial charge in [0.15, 0.2) is 5.69 Å². The fraction of sp³-hybridized carbons (Fsp3) is 0.111. The van der Waals surface area contributed by atoms with E-state index in [4.69, 9.17) is 4.74 Å². The number of aryl methyl sites for hydroxylation is 1. The Morgan fingerprint density at radius 1 is 1.13 bits per heavy atom. The lowest BCUT2D eigenvalue weighted by atomic mass is 10.1. The SMILES string of the molecule is COc1ccc(-c2cc(C(=O)O)n(-c3ccccc3)n2)c(C)c1. The number of aromatic carboxylic acids is 1. The standard InChI is InChI=1S/C18H16N2O3/c1-12-10-14(23-2)8-9-15(12)16-11-17(18(21)22)20(19-16)13-6-4-3-5-7-13/h3-11H,1-2H3,(H,21,22). The smallest absolute Gasteiger partial charge is 0.354 e. The highest BCUT2D eigenvalue weighted by molar-refractivity contribution is 5.88. The van der Waals surface area contributed by atoms with E-state index < -0.39 is 5.97 Å².